The predicted octanol–water partition coefficient (Wildman–Crippen LogP) is 4.36. The van der Waals surface area contributed by atoms with Crippen molar-refractivity contribution >= 4 is 41.3 Å². The second kappa shape index (κ2) is 9.52. The van der Waals surface area contributed by atoms with E-state index in [-0.39, 0.29) is 29.4 Å². The molecule has 0 radical (unpaired) electrons. The number of halogens is 1. The van der Waals surface area contributed by atoms with Gasteiger partial charge in [0.1, 0.15) is 0 Å². The summed E-state index contributed by atoms with van der Waals surface area (Å²) in [6, 6.07) is 8.71. The Labute approximate surface area is 172 Å². The molecule has 2 rings (SSSR count). The maximum atomic E-state index is 4.53. The van der Waals surface area contributed by atoms with Crippen LogP contribution < -0.4 is 5.32 Å². The molecule has 2 aromatic rings. The van der Waals surface area contributed by atoms with Crippen molar-refractivity contribution in [3.8, 4) is 0 Å². The Morgan fingerprint density at radius 3 is 2.60 bits per heavy atom. The quantitative estimate of drug-likeness (QED) is 0.400. The number of benzene rings is 1. The van der Waals surface area contributed by atoms with Gasteiger partial charge in [0, 0.05) is 31.4 Å². The average molecular weight is 472 g/mol. The van der Waals surface area contributed by atoms with Crippen LogP contribution in [0.3, 0.4) is 0 Å². The van der Waals surface area contributed by atoms with Gasteiger partial charge in [-0.3, -0.25) is 4.99 Å². The van der Waals surface area contributed by atoms with E-state index in [0.29, 0.717) is 0 Å². The molecule has 0 aliphatic heterocycles. The average Bonchev–Trinajstić information content (AvgIpc) is 2.93. The van der Waals surface area contributed by atoms with Crippen molar-refractivity contribution in [3.05, 3.63) is 51.5 Å². The van der Waals surface area contributed by atoms with E-state index in [4.69, 9.17) is 0 Å². The Bertz CT molecular complexity index is 709. The number of nitrogens with zero attached hydrogens (tertiary/aromatic N) is 3. The van der Waals surface area contributed by atoms with Crippen LogP contribution in [-0.2, 0) is 12.0 Å². The molecule has 0 aliphatic carbocycles. The van der Waals surface area contributed by atoms with Gasteiger partial charge in [0.15, 0.2) is 5.96 Å². The van der Waals surface area contributed by atoms with Gasteiger partial charge in [-0.1, -0.05) is 43.7 Å². The van der Waals surface area contributed by atoms with E-state index >= 15 is 0 Å². The van der Waals surface area contributed by atoms with Gasteiger partial charge in [-0.15, -0.1) is 35.3 Å². The fourth-order valence-electron chi connectivity index (χ4n) is 2.65. The van der Waals surface area contributed by atoms with Crippen LogP contribution in [0, 0.1) is 13.8 Å². The zero-order valence-corrected chi connectivity index (χ0v) is 19.1. The molecule has 0 saturated heterocycles. The third-order valence-corrected chi connectivity index (χ3v) is 4.95. The Morgan fingerprint density at radius 2 is 2.04 bits per heavy atom. The fourth-order valence-corrected chi connectivity index (χ4v) is 3.26. The van der Waals surface area contributed by atoms with Crippen LogP contribution in [0.5, 0.6) is 0 Å². The summed E-state index contributed by atoms with van der Waals surface area (Å²) < 4.78 is 0. The van der Waals surface area contributed by atoms with E-state index in [1.807, 2.05) is 21.0 Å². The summed E-state index contributed by atoms with van der Waals surface area (Å²) in [5.74, 6) is 0.890. The van der Waals surface area contributed by atoms with Gasteiger partial charge in [-0.2, -0.15) is 0 Å². The van der Waals surface area contributed by atoms with Crippen LogP contribution in [0.2, 0.25) is 0 Å². The fraction of sp³-hybridized carbons (Fsp3) is 0.474. The Morgan fingerprint density at radius 1 is 1.32 bits per heavy atom. The molecule has 0 unspecified atom stereocenters. The molecular formula is C19H29IN4S. The lowest BCUT2D eigenvalue weighted by Gasteiger charge is -2.29. The molecule has 0 aliphatic rings. The maximum absolute atomic E-state index is 4.53. The maximum Gasteiger partial charge on any atom is 0.193 e. The minimum Gasteiger partial charge on any atom is -0.355 e. The highest BCUT2D eigenvalue weighted by molar-refractivity contribution is 14.0. The summed E-state index contributed by atoms with van der Waals surface area (Å²) >= 11 is 1.68. The summed E-state index contributed by atoms with van der Waals surface area (Å²) in [7, 11) is 3.87. The first-order valence-corrected chi connectivity index (χ1v) is 9.10. The summed E-state index contributed by atoms with van der Waals surface area (Å²) in [5.41, 5.74) is 3.74. The van der Waals surface area contributed by atoms with E-state index in [1.165, 1.54) is 11.1 Å². The molecule has 1 heterocycles. The molecule has 6 heteroatoms. The molecule has 0 spiro atoms. The molecule has 0 fully saturated rings. The molecule has 0 atom stereocenters. The van der Waals surface area contributed by atoms with Gasteiger partial charge >= 0.3 is 0 Å². The lowest BCUT2D eigenvalue weighted by atomic mass is 9.84. The number of rotatable bonds is 5. The van der Waals surface area contributed by atoms with Crippen molar-refractivity contribution in [1.29, 1.82) is 0 Å². The highest BCUT2D eigenvalue weighted by Crippen LogP contribution is 2.23. The normalized spacial score (nSPS) is 11.8. The SMILES string of the molecule is CN=C(NCC(C)(C)c1cccc(C)c1)N(C)Cc1csc(C)n1.I. The molecule has 1 aromatic heterocycles. The van der Waals surface area contributed by atoms with Crippen LogP contribution in [0.25, 0.3) is 0 Å². The molecular weight excluding hydrogens is 443 g/mol. The number of aliphatic imine (C=N–C) groups is 1. The second-order valence-corrected chi connectivity index (χ2v) is 7.93. The molecule has 1 N–H and O–H groups in total. The number of nitrogens with one attached hydrogen (secondary N) is 1. The van der Waals surface area contributed by atoms with Crippen LogP contribution in [0.15, 0.2) is 34.6 Å². The largest absolute Gasteiger partial charge is 0.355 e. The van der Waals surface area contributed by atoms with Gasteiger partial charge < -0.3 is 10.2 Å². The van der Waals surface area contributed by atoms with Crippen molar-refractivity contribution in [2.24, 2.45) is 4.99 Å². The van der Waals surface area contributed by atoms with E-state index < -0.39 is 0 Å². The second-order valence-electron chi connectivity index (χ2n) is 6.87. The van der Waals surface area contributed by atoms with Crippen molar-refractivity contribution in [1.82, 2.24) is 15.2 Å². The van der Waals surface area contributed by atoms with E-state index in [1.54, 1.807) is 11.3 Å². The predicted molar refractivity (Wildman–Crippen MR) is 119 cm³/mol. The van der Waals surface area contributed by atoms with Crippen molar-refractivity contribution < 1.29 is 0 Å². The van der Waals surface area contributed by atoms with Gasteiger partial charge in [0.25, 0.3) is 0 Å². The summed E-state index contributed by atoms with van der Waals surface area (Å²) in [4.78, 5) is 11.1. The number of hydrogen-bond donors (Lipinski definition) is 1. The molecule has 4 nitrogen and oxygen atoms in total. The molecule has 25 heavy (non-hydrogen) atoms. The van der Waals surface area contributed by atoms with Crippen LogP contribution >= 0.6 is 35.3 Å². The highest BCUT2D eigenvalue weighted by atomic mass is 127. The highest BCUT2D eigenvalue weighted by Gasteiger charge is 2.21. The van der Waals surface area contributed by atoms with Crippen LogP contribution in [0.4, 0.5) is 0 Å². The number of aromatic nitrogens is 1. The zero-order chi connectivity index (χ0) is 17.7. The molecule has 138 valence electrons. The molecule has 0 amide bonds. The van der Waals surface area contributed by atoms with Crippen molar-refractivity contribution in [3.63, 3.8) is 0 Å². The standard InChI is InChI=1S/C19H28N4S.HI/c1-14-8-7-9-16(10-14)19(3,4)13-21-18(20-5)23(6)11-17-12-24-15(2)22-17;/h7-10,12H,11,13H2,1-6H3,(H,20,21);1H. The first-order chi connectivity index (χ1) is 11.3. The summed E-state index contributed by atoms with van der Waals surface area (Å²) in [6.07, 6.45) is 0. The molecule has 0 saturated carbocycles. The first-order valence-electron chi connectivity index (χ1n) is 8.22. The Hall–Kier alpha value is -1.15. The summed E-state index contributed by atoms with van der Waals surface area (Å²) in [5, 5.41) is 6.71. The minimum absolute atomic E-state index is 0. The smallest absolute Gasteiger partial charge is 0.193 e. The Balaban J connectivity index is 0.00000312. The van der Waals surface area contributed by atoms with E-state index in [9.17, 15) is 0 Å². The number of hydrogen-bond acceptors (Lipinski definition) is 3. The lowest BCUT2D eigenvalue weighted by Crippen LogP contribution is -2.44. The Kier molecular flexibility index (Phi) is 8.34. The van der Waals surface area contributed by atoms with Gasteiger partial charge in [-0.25, -0.2) is 4.98 Å². The van der Waals surface area contributed by atoms with Crippen molar-refractivity contribution in [2.75, 3.05) is 20.6 Å². The van der Waals surface area contributed by atoms with Crippen molar-refractivity contribution in [2.45, 2.75) is 39.7 Å². The third kappa shape index (κ3) is 6.26. The number of guanidine groups is 1. The van der Waals surface area contributed by atoms with Gasteiger partial charge in [0.2, 0.25) is 0 Å². The van der Waals surface area contributed by atoms with Gasteiger partial charge in [-0.05, 0) is 19.4 Å². The third-order valence-electron chi connectivity index (χ3n) is 4.13. The first kappa shape index (κ1) is 21.9. The topological polar surface area (TPSA) is 40.5 Å². The number of thiazole rings is 1. The summed E-state index contributed by atoms with van der Waals surface area (Å²) in [6.45, 7) is 10.3. The van der Waals surface area contributed by atoms with E-state index in [0.717, 1.165) is 29.8 Å². The van der Waals surface area contributed by atoms with Gasteiger partial charge in [0.05, 0.1) is 17.2 Å². The lowest BCUT2D eigenvalue weighted by molar-refractivity contribution is 0.445. The number of aryl methyl sites for hydroxylation is 2. The van der Waals surface area contributed by atoms with E-state index in [2.05, 4.69) is 70.6 Å². The molecule has 1 aromatic carbocycles. The molecule has 0 bridgehead atoms. The minimum atomic E-state index is 0. The van der Waals surface area contributed by atoms with Crippen LogP contribution in [-0.4, -0.2) is 36.5 Å². The van der Waals surface area contributed by atoms with Crippen LogP contribution in [0.1, 0.15) is 35.7 Å². The monoisotopic (exact) mass is 472 g/mol. The zero-order valence-electron chi connectivity index (χ0n) is 16.0.